The van der Waals surface area contributed by atoms with Gasteiger partial charge in [0.2, 0.25) is 0 Å². The van der Waals surface area contributed by atoms with Gasteiger partial charge in [0.1, 0.15) is 0 Å². The van der Waals surface area contributed by atoms with E-state index in [0.29, 0.717) is 0 Å². The maximum absolute atomic E-state index is 9.26. The Hall–Kier alpha value is 0.319. The second kappa shape index (κ2) is 4.02. The first-order valence-electron chi connectivity index (χ1n) is 3.56. The van der Waals surface area contributed by atoms with Gasteiger partial charge in [-0.25, -0.2) is 0 Å². The summed E-state index contributed by atoms with van der Waals surface area (Å²) in [6.45, 7) is -0.276. The Bertz CT molecular complexity index is 150. The molecule has 0 radical (unpaired) electrons. The SMILES string of the molecule is OCC1[Se]C(O)C(O)C(O)C1O. The van der Waals surface area contributed by atoms with Crippen molar-refractivity contribution < 1.29 is 25.5 Å². The van der Waals surface area contributed by atoms with Gasteiger partial charge in [-0.15, -0.1) is 0 Å². The minimum atomic E-state index is -1.35. The molecular formula is C6H12O5Se. The van der Waals surface area contributed by atoms with E-state index < -0.39 is 43.1 Å². The first kappa shape index (κ1) is 10.4. The zero-order valence-corrected chi connectivity index (χ0v) is 7.95. The molecule has 0 saturated carbocycles. The molecule has 1 aliphatic heterocycles. The summed E-state index contributed by atoms with van der Waals surface area (Å²) >= 11 is -0.452. The van der Waals surface area contributed by atoms with Gasteiger partial charge in [-0.1, -0.05) is 0 Å². The fourth-order valence-electron chi connectivity index (χ4n) is 1.08. The van der Waals surface area contributed by atoms with Crippen molar-refractivity contribution >= 4 is 15.0 Å². The van der Waals surface area contributed by atoms with Crippen molar-refractivity contribution in [1.29, 1.82) is 0 Å². The Kier molecular flexibility index (Phi) is 3.48. The fraction of sp³-hybridized carbons (Fsp3) is 1.00. The van der Waals surface area contributed by atoms with Gasteiger partial charge in [-0.2, -0.15) is 0 Å². The van der Waals surface area contributed by atoms with E-state index in [1.807, 2.05) is 0 Å². The number of aliphatic hydroxyl groups excluding tert-OH is 5. The summed E-state index contributed by atoms with van der Waals surface area (Å²) in [5.41, 5.74) is 0. The van der Waals surface area contributed by atoms with Crippen LogP contribution in [0.4, 0.5) is 0 Å². The average Bonchev–Trinajstić information content (AvgIpc) is 2.08. The zero-order chi connectivity index (χ0) is 9.30. The molecular weight excluding hydrogens is 231 g/mol. The molecule has 0 amide bonds. The summed E-state index contributed by atoms with van der Waals surface area (Å²) in [6.07, 6.45) is -3.77. The third-order valence-electron chi connectivity index (χ3n) is 1.87. The first-order chi connectivity index (χ1) is 5.57. The Labute approximate surface area is 75.8 Å². The van der Waals surface area contributed by atoms with E-state index in [9.17, 15) is 5.11 Å². The monoisotopic (exact) mass is 244 g/mol. The van der Waals surface area contributed by atoms with Crippen molar-refractivity contribution in [3.05, 3.63) is 0 Å². The molecule has 1 rings (SSSR count). The molecule has 6 heteroatoms. The molecule has 0 aromatic carbocycles. The van der Waals surface area contributed by atoms with E-state index in [-0.39, 0.29) is 6.61 Å². The maximum atomic E-state index is 9.26. The predicted molar refractivity (Wildman–Crippen MR) is 40.6 cm³/mol. The van der Waals surface area contributed by atoms with Gasteiger partial charge >= 0.3 is 75.2 Å². The van der Waals surface area contributed by atoms with Gasteiger partial charge < -0.3 is 0 Å². The molecule has 1 fully saturated rings. The predicted octanol–water partition coefficient (Wildman–Crippen LogP) is -3.11. The van der Waals surface area contributed by atoms with Gasteiger partial charge in [0.15, 0.2) is 0 Å². The third kappa shape index (κ3) is 1.80. The molecule has 0 aliphatic carbocycles. The van der Waals surface area contributed by atoms with Crippen molar-refractivity contribution in [3.63, 3.8) is 0 Å². The van der Waals surface area contributed by atoms with Crippen LogP contribution in [0, 0.1) is 0 Å². The third-order valence-corrected chi connectivity index (χ3v) is 4.67. The second-order valence-corrected chi connectivity index (χ2v) is 5.57. The van der Waals surface area contributed by atoms with Crippen LogP contribution in [-0.2, 0) is 0 Å². The van der Waals surface area contributed by atoms with Crippen LogP contribution in [0.15, 0.2) is 0 Å². The molecule has 5 unspecified atom stereocenters. The summed E-state index contributed by atoms with van der Waals surface area (Å²) in [4.78, 5) is -0.495. The summed E-state index contributed by atoms with van der Waals surface area (Å²) in [6, 6.07) is 0. The number of hydrogen-bond acceptors (Lipinski definition) is 5. The number of aliphatic hydroxyl groups is 5. The van der Waals surface area contributed by atoms with Crippen molar-refractivity contribution in [2.45, 2.75) is 28.1 Å². The summed E-state index contributed by atoms with van der Waals surface area (Å²) in [7, 11) is 0. The molecule has 0 spiro atoms. The molecule has 5 atom stereocenters. The van der Waals surface area contributed by atoms with Gasteiger partial charge in [-0.05, 0) is 0 Å². The van der Waals surface area contributed by atoms with Crippen LogP contribution in [0.2, 0.25) is 4.82 Å². The Morgan fingerprint density at radius 1 is 0.917 bits per heavy atom. The normalized spacial score (nSPS) is 49.2. The van der Waals surface area contributed by atoms with Crippen LogP contribution in [0.5, 0.6) is 0 Å². The van der Waals surface area contributed by atoms with Crippen molar-refractivity contribution in [1.82, 2.24) is 0 Å². The Morgan fingerprint density at radius 3 is 2.00 bits per heavy atom. The van der Waals surface area contributed by atoms with E-state index in [0.717, 1.165) is 0 Å². The number of rotatable bonds is 1. The molecule has 1 saturated heterocycles. The number of hydrogen-bond donors (Lipinski definition) is 5. The van der Waals surface area contributed by atoms with Crippen LogP contribution < -0.4 is 0 Å². The van der Waals surface area contributed by atoms with Crippen molar-refractivity contribution in [3.8, 4) is 0 Å². The Morgan fingerprint density at radius 2 is 1.50 bits per heavy atom. The molecule has 12 heavy (non-hydrogen) atoms. The van der Waals surface area contributed by atoms with Gasteiger partial charge in [0, 0.05) is 0 Å². The summed E-state index contributed by atoms with van der Waals surface area (Å²) in [5, 5.41) is 44.4. The molecule has 1 aliphatic rings. The van der Waals surface area contributed by atoms with Crippen LogP contribution >= 0.6 is 0 Å². The summed E-state index contributed by atoms with van der Waals surface area (Å²) < 4.78 is 0. The molecule has 72 valence electrons. The van der Waals surface area contributed by atoms with Crippen LogP contribution in [0.3, 0.4) is 0 Å². The van der Waals surface area contributed by atoms with E-state index >= 15 is 0 Å². The van der Waals surface area contributed by atoms with Gasteiger partial charge in [-0.3, -0.25) is 0 Å². The molecule has 0 aromatic heterocycles. The first-order valence-corrected chi connectivity index (χ1v) is 5.54. The standard InChI is InChI=1S/C6H12O5Se/c7-1-2-3(8)4(9)5(10)6(11)12-2/h2-11H,1H2. The topological polar surface area (TPSA) is 101 Å². The van der Waals surface area contributed by atoms with Gasteiger partial charge in [0.05, 0.1) is 0 Å². The molecule has 1 heterocycles. The molecule has 5 N–H and O–H groups in total. The Balaban J connectivity index is 2.63. The van der Waals surface area contributed by atoms with E-state index in [2.05, 4.69) is 0 Å². The quantitative estimate of drug-likeness (QED) is 0.314. The van der Waals surface area contributed by atoms with Crippen molar-refractivity contribution in [2.24, 2.45) is 0 Å². The molecule has 5 nitrogen and oxygen atoms in total. The van der Waals surface area contributed by atoms with E-state index in [1.54, 1.807) is 0 Å². The minimum absolute atomic E-state index is 0.276. The van der Waals surface area contributed by atoms with Gasteiger partial charge in [0.25, 0.3) is 0 Å². The average molecular weight is 243 g/mol. The van der Waals surface area contributed by atoms with E-state index in [4.69, 9.17) is 20.4 Å². The van der Waals surface area contributed by atoms with Crippen LogP contribution in [0.1, 0.15) is 0 Å². The fourth-order valence-corrected chi connectivity index (χ4v) is 3.36. The van der Waals surface area contributed by atoms with Crippen molar-refractivity contribution in [2.75, 3.05) is 6.61 Å². The zero-order valence-electron chi connectivity index (χ0n) is 6.24. The summed E-state index contributed by atoms with van der Waals surface area (Å²) in [5.74, 6) is 0. The van der Waals surface area contributed by atoms with Crippen LogP contribution in [-0.4, -0.2) is 70.4 Å². The van der Waals surface area contributed by atoms with E-state index in [1.165, 1.54) is 0 Å². The van der Waals surface area contributed by atoms with Crippen LogP contribution in [0.25, 0.3) is 0 Å². The molecule has 0 aromatic rings. The second-order valence-electron chi connectivity index (χ2n) is 2.72. The molecule has 0 bridgehead atoms.